The highest BCUT2D eigenvalue weighted by Crippen LogP contribution is 2.31. The lowest BCUT2D eigenvalue weighted by Gasteiger charge is -2.12. The zero-order valence-corrected chi connectivity index (χ0v) is 11.3. The van der Waals surface area contributed by atoms with Gasteiger partial charge in [-0.15, -0.1) is 5.10 Å². The fourth-order valence-electron chi connectivity index (χ4n) is 1.87. The van der Waals surface area contributed by atoms with Gasteiger partial charge in [-0.2, -0.15) is 13.2 Å². The average Bonchev–Trinajstić information content (AvgIpc) is 2.82. The molecule has 1 heterocycles. The van der Waals surface area contributed by atoms with Gasteiger partial charge in [-0.1, -0.05) is 13.0 Å². The number of aromatic nitrogens is 3. The third-order valence-electron chi connectivity index (χ3n) is 2.95. The maximum absolute atomic E-state index is 12.8. The number of carbonyl (C=O) groups is 1. The Morgan fingerprint density at radius 2 is 2.05 bits per heavy atom. The Morgan fingerprint density at radius 3 is 2.57 bits per heavy atom. The molecule has 0 saturated carbocycles. The number of nitrogens with zero attached hydrogens (tertiary/aromatic N) is 3. The van der Waals surface area contributed by atoms with Gasteiger partial charge in [0.1, 0.15) is 5.82 Å². The number of aryl methyl sites for hydroxylation is 2. The Balaban J connectivity index is 2.63. The number of carboxylic acids is 1. The minimum absolute atomic E-state index is 0.168. The summed E-state index contributed by atoms with van der Waals surface area (Å²) in [6.07, 6.45) is -4.14. The maximum atomic E-state index is 12.8. The van der Waals surface area contributed by atoms with Crippen LogP contribution in [0.3, 0.4) is 0 Å². The van der Waals surface area contributed by atoms with Gasteiger partial charge in [-0.05, 0) is 24.6 Å². The van der Waals surface area contributed by atoms with Crippen LogP contribution in [0.2, 0.25) is 0 Å². The molecule has 1 N–H and O–H groups in total. The molecule has 112 valence electrons. The predicted octanol–water partition coefficient (Wildman–Crippen LogP) is 2.86. The molecule has 0 aliphatic carbocycles. The third-order valence-corrected chi connectivity index (χ3v) is 2.95. The number of benzene rings is 1. The molecule has 0 aliphatic heterocycles. The molecule has 5 nitrogen and oxygen atoms in total. The smallest absolute Gasteiger partial charge is 0.416 e. The molecule has 21 heavy (non-hydrogen) atoms. The van der Waals surface area contributed by atoms with Crippen molar-refractivity contribution in [2.24, 2.45) is 0 Å². The van der Waals surface area contributed by atoms with E-state index in [0.717, 1.165) is 16.8 Å². The van der Waals surface area contributed by atoms with Crippen molar-refractivity contribution in [1.29, 1.82) is 0 Å². The van der Waals surface area contributed by atoms with Gasteiger partial charge in [0.05, 0.1) is 11.3 Å². The molecule has 1 aromatic carbocycles. The minimum atomic E-state index is -4.48. The van der Waals surface area contributed by atoms with Crippen LogP contribution in [0, 0.1) is 6.92 Å². The topological polar surface area (TPSA) is 68.0 Å². The van der Waals surface area contributed by atoms with Crippen LogP contribution >= 0.6 is 0 Å². The Hall–Kier alpha value is -2.38. The van der Waals surface area contributed by atoms with Gasteiger partial charge >= 0.3 is 12.1 Å². The van der Waals surface area contributed by atoms with Crippen molar-refractivity contribution in [2.45, 2.75) is 26.4 Å². The van der Waals surface area contributed by atoms with E-state index < -0.39 is 23.5 Å². The van der Waals surface area contributed by atoms with Gasteiger partial charge in [0.25, 0.3) is 5.82 Å². The van der Waals surface area contributed by atoms with Crippen molar-refractivity contribution in [1.82, 2.24) is 14.8 Å². The van der Waals surface area contributed by atoms with Crippen LogP contribution in [0.5, 0.6) is 0 Å². The fourth-order valence-corrected chi connectivity index (χ4v) is 1.87. The Morgan fingerprint density at radius 1 is 1.38 bits per heavy atom. The maximum Gasteiger partial charge on any atom is 0.416 e. The molecule has 0 unspecified atom stereocenters. The molecule has 0 fully saturated rings. The van der Waals surface area contributed by atoms with Gasteiger partial charge in [-0.3, -0.25) is 0 Å². The molecule has 0 saturated heterocycles. The van der Waals surface area contributed by atoms with E-state index in [0.29, 0.717) is 12.0 Å². The summed E-state index contributed by atoms with van der Waals surface area (Å²) >= 11 is 0. The summed E-state index contributed by atoms with van der Waals surface area (Å²) in [5.74, 6) is -1.48. The van der Waals surface area contributed by atoms with Crippen LogP contribution in [0.4, 0.5) is 13.2 Å². The number of rotatable bonds is 3. The van der Waals surface area contributed by atoms with Crippen molar-refractivity contribution >= 4 is 5.97 Å². The number of carboxylic acid groups (broad SMARTS) is 1. The summed E-state index contributed by atoms with van der Waals surface area (Å²) in [7, 11) is 0. The lowest BCUT2D eigenvalue weighted by Crippen LogP contribution is -2.10. The number of aromatic carboxylic acids is 1. The van der Waals surface area contributed by atoms with E-state index in [1.165, 1.54) is 6.07 Å². The SMILES string of the molecule is CCc1nc(C(=O)O)nn1-c1cc(C(F)(F)F)ccc1C. The van der Waals surface area contributed by atoms with Crippen molar-refractivity contribution < 1.29 is 23.1 Å². The molecule has 2 aromatic rings. The third kappa shape index (κ3) is 2.88. The first-order chi connectivity index (χ1) is 9.74. The van der Waals surface area contributed by atoms with Gasteiger partial charge in [-0.25, -0.2) is 14.5 Å². The molecular weight excluding hydrogens is 287 g/mol. The first-order valence-corrected chi connectivity index (χ1v) is 6.11. The van der Waals surface area contributed by atoms with Crippen LogP contribution < -0.4 is 0 Å². The van der Waals surface area contributed by atoms with E-state index >= 15 is 0 Å². The van der Waals surface area contributed by atoms with Crippen LogP contribution in [0.1, 0.15) is 34.5 Å². The number of halogens is 3. The minimum Gasteiger partial charge on any atom is -0.475 e. The molecule has 8 heteroatoms. The molecule has 1 aromatic heterocycles. The molecule has 0 radical (unpaired) electrons. The second-order valence-electron chi connectivity index (χ2n) is 4.42. The van der Waals surface area contributed by atoms with E-state index in [-0.39, 0.29) is 11.5 Å². The van der Waals surface area contributed by atoms with Crippen LogP contribution in [0.25, 0.3) is 5.69 Å². The molecule has 2 rings (SSSR count). The van der Waals surface area contributed by atoms with Crippen LogP contribution in [-0.2, 0) is 12.6 Å². The molecule has 0 aliphatic rings. The Bertz CT molecular complexity index is 692. The summed E-state index contributed by atoms with van der Waals surface area (Å²) in [5.41, 5.74) is -0.112. The number of alkyl halides is 3. The molecule has 0 bridgehead atoms. The molecule has 0 atom stereocenters. The highest BCUT2D eigenvalue weighted by molar-refractivity contribution is 5.83. The van der Waals surface area contributed by atoms with E-state index in [9.17, 15) is 18.0 Å². The predicted molar refractivity (Wildman–Crippen MR) is 67.4 cm³/mol. The van der Waals surface area contributed by atoms with E-state index in [1.807, 2.05) is 0 Å². The van der Waals surface area contributed by atoms with Crippen molar-refractivity contribution in [3.05, 3.63) is 41.0 Å². The normalized spacial score (nSPS) is 11.7. The lowest BCUT2D eigenvalue weighted by atomic mass is 10.1. The second-order valence-corrected chi connectivity index (χ2v) is 4.42. The van der Waals surface area contributed by atoms with E-state index in [1.54, 1.807) is 13.8 Å². The van der Waals surface area contributed by atoms with E-state index in [4.69, 9.17) is 5.11 Å². The molecule has 0 amide bonds. The monoisotopic (exact) mass is 299 g/mol. The van der Waals surface area contributed by atoms with Crippen LogP contribution in [0.15, 0.2) is 18.2 Å². The van der Waals surface area contributed by atoms with Gasteiger partial charge in [0.15, 0.2) is 0 Å². The van der Waals surface area contributed by atoms with Crippen molar-refractivity contribution in [2.75, 3.05) is 0 Å². The van der Waals surface area contributed by atoms with E-state index in [2.05, 4.69) is 10.1 Å². The molecule has 0 spiro atoms. The van der Waals surface area contributed by atoms with Crippen molar-refractivity contribution in [3.8, 4) is 5.69 Å². The number of hydrogen-bond acceptors (Lipinski definition) is 3. The number of hydrogen-bond donors (Lipinski definition) is 1. The zero-order chi connectivity index (χ0) is 15.8. The van der Waals surface area contributed by atoms with Crippen molar-refractivity contribution in [3.63, 3.8) is 0 Å². The fraction of sp³-hybridized carbons (Fsp3) is 0.308. The standard InChI is InChI=1S/C13H12F3N3O2/c1-3-10-17-11(12(20)21)18-19(10)9-6-8(13(14,15)16)5-4-7(9)2/h4-6H,3H2,1-2H3,(H,20,21). The highest BCUT2D eigenvalue weighted by Gasteiger charge is 2.31. The Labute approximate surface area is 118 Å². The average molecular weight is 299 g/mol. The van der Waals surface area contributed by atoms with Crippen LogP contribution in [-0.4, -0.2) is 25.8 Å². The first-order valence-electron chi connectivity index (χ1n) is 6.11. The quantitative estimate of drug-likeness (QED) is 0.946. The van der Waals surface area contributed by atoms with Gasteiger partial charge in [0.2, 0.25) is 0 Å². The lowest BCUT2D eigenvalue weighted by molar-refractivity contribution is -0.137. The van der Waals surface area contributed by atoms with Gasteiger partial charge < -0.3 is 5.11 Å². The molecular formula is C13H12F3N3O2. The summed E-state index contributed by atoms with van der Waals surface area (Å²) in [6, 6.07) is 3.23. The zero-order valence-electron chi connectivity index (χ0n) is 11.3. The largest absolute Gasteiger partial charge is 0.475 e. The highest BCUT2D eigenvalue weighted by atomic mass is 19.4. The Kier molecular flexibility index (Phi) is 3.71. The summed E-state index contributed by atoms with van der Waals surface area (Å²) in [5, 5.41) is 12.7. The van der Waals surface area contributed by atoms with Gasteiger partial charge in [0, 0.05) is 6.42 Å². The summed E-state index contributed by atoms with van der Waals surface area (Å²) < 4.78 is 39.5. The summed E-state index contributed by atoms with van der Waals surface area (Å²) in [4.78, 5) is 14.7. The first kappa shape index (κ1) is 15.0. The summed E-state index contributed by atoms with van der Waals surface area (Å²) in [6.45, 7) is 3.34. The second kappa shape index (κ2) is 5.19.